The minimum Gasteiger partial charge on any atom is -0.285 e. The highest BCUT2D eigenvalue weighted by Crippen LogP contribution is 2.28. The third kappa shape index (κ3) is 9.92. The van der Waals surface area contributed by atoms with Crippen molar-refractivity contribution in [3.05, 3.63) is 54.6 Å². The Hall–Kier alpha value is -2.93. The lowest BCUT2D eigenvalue weighted by Gasteiger charge is -2.03. The van der Waals surface area contributed by atoms with Crippen molar-refractivity contribution in [2.24, 2.45) is 10.2 Å². The highest BCUT2D eigenvalue weighted by Gasteiger charge is 2.20. The second-order valence-corrected chi connectivity index (χ2v) is 14.7. The average molecular weight is 663 g/mol. The Balaban J connectivity index is 0.000000285. The van der Waals surface area contributed by atoms with Crippen LogP contribution < -0.4 is 0 Å². The number of azo groups is 1. The van der Waals surface area contributed by atoms with Crippen LogP contribution in [-0.2, 0) is 50.6 Å². The molecule has 0 spiro atoms. The monoisotopic (exact) mass is 662 g/mol. The molecule has 0 amide bonds. The Morgan fingerprint density at radius 1 is 0.525 bits per heavy atom. The van der Waals surface area contributed by atoms with Crippen LogP contribution in [0.4, 0.5) is 5.69 Å². The zero-order valence-electron chi connectivity index (χ0n) is 19.4. The molecule has 3 rings (SSSR count). The molecule has 0 bridgehead atoms. The molecule has 0 aromatic heterocycles. The van der Waals surface area contributed by atoms with Gasteiger partial charge in [0.25, 0.3) is 50.6 Å². The van der Waals surface area contributed by atoms with Gasteiger partial charge in [0.15, 0.2) is 0 Å². The molecular weight excluding hydrogens is 645 g/mol. The fourth-order valence-electron chi connectivity index (χ4n) is 2.76. The van der Waals surface area contributed by atoms with Crippen molar-refractivity contribution < 1.29 is 64.9 Å². The van der Waals surface area contributed by atoms with E-state index in [0.717, 1.165) is 18.2 Å². The Bertz CT molecular complexity index is 1950. The smallest absolute Gasteiger partial charge is 0.285 e. The minimum atomic E-state index is -4.76. The predicted molar refractivity (Wildman–Crippen MR) is 135 cm³/mol. The number of rotatable bonds is 8. The lowest BCUT2D eigenvalue weighted by molar-refractivity contribution is 0.478. The number of fused-ring (bicyclic) bond motifs is 1. The van der Waals surface area contributed by atoms with Crippen molar-refractivity contribution in [3.63, 3.8) is 0 Å². The van der Waals surface area contributed by atoms with E-state index in [1.54, 1.807) is 0 Å². The molecule has 3 aromatic carbocycles. The lowest BCUT2D eigenvalue weighted by atomic mass is 10.1. The summed E-state index contributed by atoms with van der Waals surface area (Å²) >= 11 is 0. The molecular formula is C18H18N2O15S5. The lowest BCUT2D eigenvalue weighted by Crippen LogP contribution is -2.06. The molecule has 0 atom stereocenters. The van der Waals surface area contributed by atoms with Gasteiger partial charge in [0.05, 0.1) is 27.0 Å². The van der Waals surface area contributed by atoms with Gasteiger partial charge in [-0.1, -0.05) is 12.1 Å². The fourth-order valence-corrected chi connectivity index (χ4v) is 5.21. The molecule has 17 nitrogen and oxygen atoms in total. The van der Waals surface area contributed by atoms with Gasteiger partial charge in [-0.05, 0) is 53.2 Å². The molecule has 0 unspecified atom stereocenters. The molecule has 0 aliphatic heterocycles. The second kappa shape index (κ2) is 11.9. The molecule has 0 aliphatic rings. The maximum absolute atomic E-state index is 11.1. The fraction of sp³-hybridized carbons (Fsp3) is 0.111. The Morgan fingerprint density at radius 2 is 0.950 bits per heavy atom. The summed E-state index contributed by atoms with van der Waals surface area (Å²) in [6.07, 6.45) is 0. The molecule has 0 radical (unpaired) electrons. The van der Waals surface area contributed by atoms with Crippen molar-refractivity contribution >= 4 is 67.1 Å². The Kier molecular flexibility index (Phi) is 9.90. The first-order chi connectivity index (χ1) is 18.0. The minimum absolute atomic E-state index is 0.278. The maximum Gasteiger partial charge on any atom is 0.296 e. The highest BCUT2D eigenvalue weighted by molar-refractivity contribution is 7.87. The van der Waals surface area contributed by atoms with E-state index < -0.39 is 78.4 Å². The van der Waals surface area contributed by atoms with Crippen LogP contribution in [0.25, 0.3) is 10.8 Å². The van der Waals surface area contributed by atoms with Crippen LogP contribution in [0.5, 0.6) is 0 Å². The van der Waals surface area contributed by atoms with E-state index in [-0.39, 0.29) is 15.2 Å². The van der Waals surface area contributed by atoms with Crippen LogP contribution in [-0.4, -0.2) is 77.2 Å². The van der Waals surface area contributed by atoms with Gasteiger partial charge in [-0.15, -0.1) is 0 Å². The van der Waals surface area contributed by atoms with E-state index in [0.29, 0.717) is 17.5 Å². The standard InChI is InChI=1S/C10H8O6S2.C8H10N2O9S3/c11-17(12,13)9-3-1-7-2-4-10(18(14,15)16)6-8(7)5-9;11-20(12,13)4-3-9-10-7-5-6(21(14,15)16)1-2-8(7)22(17,18)19/h1-6H,(H,11,12,13)(H,14,15,16);1-2,5H,3-4H2,(H,11,12,13)(H,14,15,16)(H,17,18,19). The first-order valence-electron chi connectivity index (χ1n) is 9.89. The molecule has 0 heterocycles. The van der Waals surface area contributed by atoms with E-state index in [9.17, 15) is 42.1 Å². The number of hydrogen-bond donors (Lipinski definition) is 5. The highest BCUT2D eigenvalue weighted by atomic mass is 32.2. The molecule has 0 saturated carbocycles. The summed E-state index contributed by atoms with van der Waals surface area (Å²) in [6.45, 7) is -0.542. The summed E-state index contributed by atoms with van der Waals surface area (Å²) < 4.78 is 153. The van der Waals surface area contributed by atoms with Gasteiger partial charge in [-0.2, -0.15) is 52.3 Å². The van der Waals surface area contributed by atoms with E-state index in [1.165, 1.54) is 24.3 Å². The molecule has 3 aromatic rings. The van der Waals surface area contributed by atoms with Gasteiger partial charge in [0.1, 0.15) is 10.6 Å². The van der Waals surface area contributed by atoms with E-state index >= 15 is 0 Å². The van der Waals surface area contributed by atoms with Crippen LogP contribution in [0.3, 0.4) is 0 Å². The van der Waals surface area contributed by atoms with Crippen molar-refractivity contribution in [3.8, 4) is 0 Å². The SMILES string of the molecule is O=S(=O)(O)CCN=Nc1cc(S(=O)(=O)O)ccc1S(=O)(=O)O.O=S(=O)(O)c1ccc2ccc(S(=O)(=O)O)cc2c1. The van der Waals surface area contributed by atoms with E-state index in [1.807, 2.05) is 0 Å². The Labute approximate surface area is 227 Å². The van der Waals surface area contributed by atoms with Crippen molar-refractivity contribution in [1.82, 2.24) is 0 Å². The van der Waals surface area contributed by atoms with Gasteiger partial charge < -0.3 is 0 Å². The van der Waals surface area contributed by atoms with Gasteiger partial charge >= 0.3 is 0 Å². The third-order valence-corrected chi connectivity index (χ3v) is 8.66. The van der Waals surface area contributed by atoms with Gasteiger partial charge in [0.2, 0.25) is 0 Å². The molecule has 5 N–H and O–H groups in total. The third-order valence-electron chi connectivity index (χ3n) is 4.51. The first-order valence-corrected chi connectivity index (χ1v) is 17.3. The zero-order chi connectivity index (χ0) is 30.7. The largest absolute Gasteiger partial charge is 0.296 e. The van der Waals surface area contributed by atoms with E-state index in [4.69, 9.17) is 22.8 Å². The van der Waals surface area contributed by atoms with Gasteiger partial charge in [-0.3, -0.25) is 22.8 Å². The zero-order valence-corrected chi connectivity index (χ0v) is 23.4. The molecule has 22 heteroatoms. The predicted octanol–water partition coefficient (Wildman–Crippen LogP) is 1.48. The van der Waals surface area contributed by atoms with Crippen LogP contribution in [0.1, 0.15) is 0 Å². The molecule has 0 aliphatic carbocycles. The quantitative estimate of drug-likeness (QED) is 0.168. The summed E-state index contributed by atoms with van der Waals surface area (Å²) in [7, 11) is -22.4. The first kappa shape index (κ1) is 33.3. The average Bonchev–Trinajstić information content (AvgIpc) is 2.78. The van der Waals surface area contributed by atoms with Crippen LogP contribution in [0.15, 0.2) is 84.4 Å². The number of nitrogens with zero attached hydrogens (tertiary/aromatic N) is 2. The molecule has 0 fully saturated rings. The number of benzene rings is 3. The van der Waals surface area contributed by atoms with Crippen molar-refractivity contribution in [2.75, 3.05) is 12.3 Å². The van der Waals surface area contributed by atoms with Crippen LogP contribution in [0.2, 0.25) is 0 Å². The molecule has 0 saturated heterocycles. The Morgan fingerprint density at radius 3 is 1.35 bits per heavy atom. The second-order valence-electron chi connectivity index (χ2n) is 7.45. The summed E-state index contributed by atoms with van der Waals surface area (Å²) in [5.41, 5.74) is -0.632. The van der Waals surface area contributed by atoms with E-state index in [2.05, 4.69) is 10.2 Å². The topological polar surface area (TPSA) is 297 Å². The maximum atomic E-state index is 11.1. The summed E-state index contributed by atoms with van der Waals surface area (Å²) in [5, 5.41) is 7.40. The normalized spacial score (nSPS) is 13.2. The number of hydrogen-bond acceptors (Lipinski definition) is 12. The van der Waals surface area contributed by atoms with Crippen LogP contribution in [0, 0.1) is 0 Å². The van der Waals surface area contributed by atoms with Gasteiger partial charge in [-0.25, -0.2) is 0 Å². The van der Waals surface area contributed by atoms with Crippen molar-refractivity contribution in [1.29, 1.82) is 0 Å². The summed E-state index contributed by atoms with van der Waals surface area (Å²) in [4.78, 5) is -2.19. The molecule has 40 heavy (non-hydrogen) atoms. The van der Waals surface area contributed by atoms with Crippen LogP contribution >= 0.6 is 0 Å². The molecule has 220 valence electrons. The van der Waals surface area contributed by atoms with Crippen molar-refractivity contribution in [2.45, 2.75) is 19.6 Å². The summed E-state index contributed by atoms with van der Waals surface area (Å²) in [5.74, 6) is -0.796. The summed E-state index contributed by atoms with van der Waals surface area (Å²) in [6, 6.07) is 9.51. The van der Waals surface area contributed by atoms with Gasteiger partial charge in [0, 0.05) is 0 Å².